The lowest BCUT2D eigenvalue weighted by Gasteiger charge is -2.32. The van der Waals surface area contributed by atoms with Gasteiger partial charge in [0, 0.05) is 35.3 Å². The molecule has 0 radical (unpaired) electrons. The summed E-state index contributed by atoms with van der Waals surface area (Å²) in [4.78, 5) is 0. The van der Waals surface area contributed by atoms with E-state index in [0.29, 0.717) is 23.7 Å². The number of nitrogens with zero attached hydrogens (tertiary/aromatic N) is 2. The molecule has 2 unspecified atom stereocenters. The summed E-state index contributed by atoms with van der Waals surface area (Å²) in [5, 5.41) is 8.05. The molecule has 4 aromatic carbocycles. The minimum Gasteiger partial charge on any atom is -0.464 e. The highest BCUT2D eigenvalue weighted by Crippen LogP contribution is 2.43. The second kappa shape index (κ2) is 21.4. The number of unbranched alkanes of at least 4 members (excludes halogenated alkanes) is 1. The number of aryl methyl sites for hydroxylation is 2. The molecule has 68 heavy (non-hydrogen) atoms. The lowest BCUT2D eigenvalue weighted by molar-refractivity contribution is -0.404. The molecule has 0 saturated carbocycles. The van der Waals surface area contributed by atoms with Crippen LogP contribution in [0.2, 0.25) is 0 Å². The Balaban J connectivity index is 1.01. The fourth-order valence-electron chi connectivity index (χ4n) is 9.61. The van der Waals surface area contributed by atoms with Crippen molar-refractivity contribution < 1.29 is 18.0 Å². The van der Waals surface area contributed by atoms with E-state index in [2.05, 4.69) is 234 Å². The van der Waals surface area contributed by atoms with Crippen LogP contribution >= 0.6 is 0 Å². The van der Waals surface area contributed by atoms with Crippen molar-refractivity contribution in [2.75, 3.05) is 10.6 Å². The van der Waals surface area contributed by atoms with Gasteiger partial charge >= 0.3 is 0 Å². The van der Waals surface area contributed by atoms with Crippen LogP contribution < -0.4 is 10.6 Å². The summed E-state index contributed by atoms with van der Waals surface area (Å²) >= 11 is 0. The Kier molecular flexibility index (Phi) is 14.9. The molecule has 0 aliphatic carbocycles. The van der Waals surface area contributed by atoms with Crippen LogP contribution in [0.3, 0.4) is 0 Å². The van der Waals surface area contributed by atoms with Crippen molar-refractivity contribution in [3.8, 4) is 0 Å². The third-order valence-corrected chi connectivity index (χ3v) is 13.3. The first-order valence-corrected chi connectivity index (χ1v) is 24.7. The first-order chi connectivity index (χ1) is 32.9. The van der Waals surface area contributed by atoms with E-state index in [9.17, 15) is 0 Å². The van der Waals surface area contributed by atoms with E-state index >= 15 is 0 Å². The largest absolute Gasteiger partial charge is 0.464 e. The molecule has 6 aromatic rings. The molecule has 6 nitrogen and oxygen atoms in total. The number of rotatable bonds is 19. The molecule has 2 aromatic heterocycles. The third-order valence-electron chi connectivity index (χ3n) is 13.3. The van der Waals surface area contributed by atoms with Gasteiger partial charge in [-0.2, -0.15) is 0 Å². The molecular formula is C62H70N4O2. The minimum atomic E-state index is -0.278. The first kappa shape index (κ1) is 47.6. The molecule has 8 rings (SSSR count). The molecule has 2 atom stereocenters. The topological polar surface area (TPSA) is 56.4 Å². The number of anilines is 2. The molecule has 0 amide bonds. The number of furan rings is 2. The average molecular weight is 903 g/mol. The maximum absolute atomic E-state index is 6.83. The van der Waals surface area contributed by atoms with Gasteiger partial charge in [-0.25, -0.2) is 0 Å². The Morgan fingerprint density at radius 3 is 1.15 bits per heavy atom. The van der Waals surface area contributed by atoms with Gasteiger partial charge < -0.3 is 19.5 Å². The number of hydrogen-bond donors (Lipinski definition) is 2. The standard InChI is InChI=1S/C62H70N4O2/c1-41(2)49-29-19-30-50(42(3)4)59(49)63-61(55-35-21-33-53(65(55)9)45-23-13-11-14-24-45)57-39-37-47(67-57)27-17-18-28-48-38-40-58(68-48)62(64-60-51(43(5)6)31-20-32-52(60)44(7)8)56-36-22-34-54(66(56)10)46-25-15-12-16-26-46/h11-16,19-26,29-44,61-64H,9-10,17-18,27-28H2,1-8H3. The lowest BCUT2D eigenvalue weighted by Crippen LogP contribution is -2.28. The van der Waals surface area contributed by atoms with Gasteiger partial charge in [0.25, 0.3) is 0 Å². The van der Waals surface area contributed by atoms with Gasteiger partial charge in [0.15, 0.2) is 0 Å². The first-order valence-electron chi connectivity index (χ1n) is 24.7. The summed E-state index contributed by atoms with van der Waals surface area (Å²) in [5.74, 6) is 5.01. The molecule has 4 heterocycles. The van der Waals surface area contributed by atoms with E-state index in [0.717, 1.165) is 83.3 Å². The fraction of sp³-hybridized carbons (Fsp3) is 0.290. The zero-order chi connectivity index (χ0) is 47.9. The Morgan fingerprint density at radius 1 is 0.456 bits per heavy atom. The quantitative estimate of drug-likeness (QED) is 0.0483. The van der Waals surface area contributed by atoms with Crippen LogP contribution in [0.25, 0.3) is 11.4 Å². The smallest absolute Gasteiger partial charge is 0.134 e. The SMILES string of the molecule is C=[N+]1C(c2ccccc2)=CC=C[C-]1C(Nc1c(C(C)C)cccc1C(C)C)c1ccc(CCCCc2ccc(C(Nc3c(C(C)C)cccc3C(C)C)[C-]3C=CC=C(c4ccccc4)[N+]3=C)o2)o1. The minimum absolute atomic E-state index is 0.278. The van der Waals surface area contributed by atoms with Gasteiger partial charge in [0.2, 0.25) is 0 Å². The zero-order valence-electron chi connectivity index (χ0n) is 41.4. The van der Waals surface area contributed by atoms with Crippen LogP contribution in [0.4, 0.5) is 11.4 Å². The Labute approximate surface area is 406 Å². The van der Waals surface area contributed by atoms with E-state index in [1.807, 2.05) is 12.1 Å². The van der Waals surface area contributed by atoms with Gasteiger partial charge in [-0.05, 0) is 83.0 Å². The summed E-state index contributed by atoms with van der Waals surface area (Å²) in [5.41, 5.74) is 11.8. The second-order valence-electron chi connectivity index (χ2n) is 19.5. The predicted octanol–water partition coefficient (Wildman–Crippen LogP) is 15.9. The molecule has 2 aliphatic heterocycles. The average Bonchev–Trinajstić information content (AvgIpc) is 4.02. The summed E-state index contributed by atoms with van der Waals surface area (Å²) < 4.78 is 17.8. The molecule has 0 spiro atoms. The van der Waals surface area contributed by atoms with Crippen molar-refractivity contribution in [2.45, 2.75) is 117 Å². The van der Waals surface area contributed by atoms with Crippen molar-refractivity contribution >= 4 is 36.2 Å². The van der Waals surface area contributed by atoms with Gasteiger partial charge in [0.05, 0.1) is 13.4 Å². The molecule has 350 valence electrons. The van der Waals surface area contributed by atoms with Crippen molar-refractivity contribution in [1.29, 1.82) is 0 Å². The van der Waals surface area contributed by atoms with Gasteiger partial charge in [-0.15, -0.1) is 12.2 Å². The maximum Gasteiger partial charge on any atom is 0.134 e. The van der Waals surface area contributed by atoms with Crippen LogP contribution in [0.5, 0.6) is 0 Å². The number of benzene rings is 4. The predicted molar refractivity (Wildman–Crippen MR) is 284 cm³/mol. The molecule has 0 fully saturated rings. The molecule has 2 N–H and O–H groups in total. The van der Waals surface area contributed by atoms with Gasteiger partial charge in [-0.1, -0.05) is 177 Å². The Hall–Kier alpha value is -6.92. The van der Waals surface area contributed by atoms with Crippen molar-refractivity contribution in [3.63, 3.8) is 0 Å². The monoisotopic (exact) mass is 903 g/mol. The number of hydrogen-bond acceptors (Lipinski definition) is 4. The highest BCUT2D eigenvalue weighted by atomic mass is 16.3. The fourth-order valence-corrected chi connectivity index (χ4v) is 9.61. The van der Waals surface area contributed by atoms with Crippen LogP contribution in [0.15, 0.2) is 167 Å². The Bertz CT molecular complexity index is 2570. The Morgan fingerprint density at radius 2 is 0.809 bits per heavy atom. The molecule has 6 heteroatoms. The summed E-state index contributed by atoms with van der Waals surface area (Å²) in [6, 6.07) is 44.3. The zero-order valence-corrected chi connectivity index (χ0v) is 41.4. The van der Waals surface area contributed by atoms with E-state index in [1.54, 1.807) is 0 Å². The maximum atomic E-state index is 6.83. The van der Waals surface area contributed by atoms with E-state index in [-0.39, 0.29) is 12.1 Å². The summed E-state index contributed by atoms with van der Waals surface area (Å²) in [6.45, 7) is 27.3. The van der Waals surface area contributed by atoms with E-state index < -0.39 is 0 Å². The third kappa shape index (κ3) is 10.5. The number of para-hydroxylation sites is 2. The second-order valence-corrected chi connectivity index (χ2v) is 19.5. The lowest BCUT2D eigenvalue weighted by atomic mass is 9.91. The highest BCUT2D eigenvalue weighted by Gasteiger charge is 2.34. The highest BCUT2D eigenvalue weighted by molar-refractivity contribution is 5.68. The molecular weight excluding hydrogens is 833 g/mol. The molecule has 0 saturated heterocycles. The number of allylic oxidation sites excluding steroid dienone is 4. The van der Waals surface area contributed by atoms with Gasteiger partial charge in [-0.3, -0.25) is 9.15 Å². The number of nitrogens with one attached hydrogen (secondary N) is 2. The van der Waals surface area contributed by atoms with Crippen molar-refractivity contribution in [2.24, 2.45) is 0 Å². The van der Waals surface area contributed by atoms with Gasteiger partial charge in [0.1, 0.15) is 58.6 Å². The van der Waals surface area contributed by atoms with Crippen LogP contribution in [0.1, 0.15) is 160 Å². The van der Waals surface area contributed by atoms with Crippen molar-refractivity contribution in [3.05, 3.63) is 226 Å². The normalized spacial score (nSPS) is 14.9. The summed E-state index contributed by atoms with van der Waals surface area (Å²) in [6.07, 6.45) is 16.4. The van der Waals surface area contributed by atoms with Crippen LogP contribution in [0, 0.1) is 12.1 Å². The van der Waals surface area contributed by atoms with Crippen LogP contribution in [-0.4, -0.2) is 22.6 Å². The summed E-state index contributed by atoms with van der Waals surface area (Å²) in [7, 11) is 0. The molecule has 0 bridgehead atoms. The van der Waals surface area contributed by atoms with Crippen molar-refractivity contribution in [1.82, 2.24) is 0 Å². The van der Waals surface area contributed by atoms with E-state index in [4.69, 9.17) is 8.83 Å². The van der Waals surface area contributed by atoms with E-state index in [1.165, 1.54) is 33.6 Å². The molecule has 2 aliphatic rings. The van der Waals surface area contributed by atoms with Crippen LogP contribution in [-0.2, 0) is 12.8 Å².